The van der Waals surface area contributed by atoms with E-state index in [2.05, 4.69) is 4.98 Å². The van der Waals surface area contributed by atoms with Crippen molar-refractivity contribution in [2.45, 2.75) is 19.4 Å². The third-order valence-corrected chi connectivity index (χ3v) is 4.91. The number of amides is 1. The van der Waals surface area contributed by atoms with E-state index in [0.29, 0.717) is 22.5 Å². The number of carboxylic acids is 1. The van der Waals surface area contributed by atoms with Gasteiger partial charge in [0, 0.05) is 28.3 Å². The Morgan fingerprint density at radius 2 is 1.91 bits per heavy atom. The molecule has 0 atom stereocenters. The van der Waals surface area contributed by atoms with E-state index < -0.39 is 17.7 Å². The van der Waals surface area contributed by atoms with Gasteiger partial charge in [0.2, 0.25) is 5.91 Å². The number of ether oxygens (including phenoxy) is 1. The van der Waals surface area contributed by atoms with Crippen LogP contribution in [0, 0.1) is 5.82 Å². The maximum absolute atomic E-state index is 15.1. The quantitative estimate of drug-likeness (QED) is 0.435. The maximum atomic E-state index is 15.1. The van der Waals surface area contributed by atoms with E-state index in [-0.39, 0.29) is 30.7 Å². The maximum Gasteiger partial charge on any atom is 0.307 e. The molecule has 2 aromatic heterocycles. The number of hydrogen-bond donors (Lipinski definition) is 2. The number of hydrogen-bond acceptors (Lipinski definition) is 5. The number of rotatable bonds is 8. The molecule has 32 heavy (non-hydrogen) atoms. The normalized spacial score (nSPS) is 10.9. The number of halogens is 1. The number of carboxylic acid groups (broad SMARTS) is 1. The van der Waals surface area contributed by atoms with Crippen molar-refractivity contribution in [2.24, 2.45) is 5.73 Å². The lowest BCUT2D eigenvalue weighted by Gasteiger charge is -2.13. The van der Waals surface area contributed by atoms with E-state index in [9.17, 15) is 9.59 Å². The number of aromatic nitrogens is 1. The number of aliphatic carboxylic acids is 1. The van der Waals surface area contributed by atoms with Crippen LogP contribution in [0.4, 0.5) is 4.39 Å². The van der Waals surface area contributed by atoms with Gasteiger partial charge in [0.05, 0.1) is 24.8 Å². The van der Waals surface area contributed by atoms with Crippen LogP contribution in [0.15, 0.2) is 65.4 Å². The predicted molar refractivity (Wildman–Crippen MR) is 114 cm³/mol. The first kappa shape index (κ1) is 21.0. The Morgan fingerprint density at radius 3 is 2.69 bits per heavy atom. The van der Waals surface area contributed by atoms with Gasteiger partial charge in [-0.3, -0.25) is 14.6 Å². The largest absolute Gasteiger partial charge is 0.489 e. The Morgan fingerprint density at radius 1 is 1.09 bits per heavy atom. The zero-order chi connectivity index (χ0) is 22.7. The number of furan rings is 1. The number of carbonyl (C=O) groups is 2. The van der Waals surface area contributed by atoms with Crippen LogP contribution in [0.1, 0.15) is 16.8 Å². The lowest BCUT2D eigenvalue weighted by atomic mass is 9.99. The highest BCUT2D eigenvalue weighted by Gasteiger charge is 2.18. The van der Waals surface area contributed by atoms with Crippen LogP contribution in [0.2, 0.25) is 0 Å². The molecular weight excluding hydrogens is 415 g/mol. The first-order valence-electron chi connectivity index (χ1n) is 9.77. The summed E-state index contributed by atoms with van der Waals surface area (Å²) >= 11 is 0. The second-order valence-electron chi connectivity index (χ2n) is 7.21. The first-order chi connectivity index (χ1) is 15.4. The van der Waals surface area contributed by atoms with Crippen molar-refractivity contribution in [3.63, 3.8) is 0 Å². The summed E-state index contributed by atoms with van der Waals surface area (Å²) in [6.45, 7) is 0.131. The number of benzene rings is 2. The summed E-state index contributed by atoms with van der Waals surface area (Å²) in [5.74, 6) is -1.82. The molecule has 0 bridgehead atoms. The summed E-state index contributed by atoms with van der Waals surface area (Å²) in [5.41, 5.74) is 7.63. The van der Waals surface area contributed by atoms with Gasteiger partial charge in [-0.1, -0.05) is 18.2 Å². The Hall–Kier alpha value is -4.20. The minimum Gasteiger partial charge on any atom is -0.489 e. The number of carbonyl (C=O) groups excluding carboxylic acids is 1. The second kappa shape index (κ2) is 8.89. The van der Waals surface area contributed by atoms with Crippen LogP contribution >= 0.6 is 0 Å². The number of para-hydroxylation sites is 1. The summed E-state index contributed by atoms with van der Waals surface area (Å²) < 4.78 is 26.6. The predicted octanol–water partition coefficient (Wildman–Crippen LogP) is 3.87. The van der Waals surface area contributed by atoms with Gasteiger partial charge in [-0.25, -0.2) is 4.39 Å². The number of primary amides is 1. The molecule has 0 saturated heterocycles. The van der Waals surface area contributed by atoms with Crippen molar-refractivity contribution in [2.75, 3.05) is 0 Å². The molecule has 162 valence electrons. The molecule has 0 aliphatic rings. The lowest BCUT2D eigenvalue weighted by Crippen LogP contribution is -2.16. The smallest absolute Gasteiger partial charge is 0.307 e. The van der Waals surface area contributed by atoms with Gasteiger partial charge in [0.15, 0.2) is 5.82 Å². The average molecular weight is 434 g/mol. The lowest BCUT2D eigenvalue weighted by molar-refractivity contribution is -0.136. The Balaban J connectivity index is 1.70. The topological polar surface area (TPSA) is 116 Å². The molecule has 0 radical (unpaired) electrons. The highest BCUT2D eigenvalue weighted by atomic mass is 19.1. The molecule has 1 amide bonds. The Kier molecular flexibility index (Phi) is 5.85. The molecule has 3 N–H and O–H groups in total. The molecule has 0 aliphatic carbocycles. The molecule has 8 heteroatoms. The van der Waals surface area contributed by atoms with E-state index in [0.717, 1.165) is 10.9 Å². The van der Waals surface area contributed by atoms with Crippen molar-refractivity contribution >= 4 is 22.8 Å². The highest BCUT2D eigenvalue weighted by Crippen LogP contribution is 2.34. The monoisotopic (exact) mass is 434 g/mol. The zero-order valence-corrected chi connectivity index (χ0v) is 16.9. The van der Waals surface area contributed by atoms with Crippen LogP contribution in [-0.2, 0) is 29.0 Å². The molecule has 2 heterocycles. The number of pyridine rings is 1. The molecule has 2 aromatic carbocycles. The fraction of sp³-hybridized carbons (Fsp3) is 0.125. The second-order valence-corrected chi connectivity index (χ2v) is 7.21. The molecule has 0 aliphatic heterocycles. The number of fused-ring (bicyclic) bond motifs is 1. The minimum absolute atomic E-state index is 0.0426. The van der Waals surface area contributed by atoms with Crippen molar-refractivity contribution in [3.05, 3.63) is 83.6 Å². The fourth-order valence-electron chi connectivity index (χ4n) is 3.53. The van der Waals surface area contributed by atoms with Gasteiger partial charge in [0.1, 0.15) is 17.9 Å². The van der Waals surface area contributed by atoms with Crippen molar-refractivity contribution in [1.29, 1.82) is 0 Å². The van der Waals surface area contributed by atoms with Gasteiger partial charge in [-0.2, -0.15) is 0 Å². The molecule has 7 nitrogen and oxygen atoms in total. The van der Waals surface area contributed by atoms with Gasteiger partial charge >= 0.3 is 5.97 Å². The SMILES string of the molecule is NC(=O)Cc1nccc(-c2cc(COc3ccccc3CC(=O)O)cc3ccoc23)c1F. The summed E-state index contributed by atoms with van der Waals surface area (Å²) in [7, 11) is 0. The van der Waals surface area contributed by atoms with Crippen LogP contribution in [0.5, 0.6) is 5.75 Å². The third kappa shape index (κ3) is 4.44. The number of nitrogens with zero attached hydrogens (tertiary/aromatic N) is 1. The van der Waals surface area contributed by atoms with Gasteiger partial charge in [-0.05, 0) is 35.9 Å². The molecular formula is C24H19FN2O5. The average Bonchev–Trinajstić information content (AvgIpc) is 3.22. The van der Waals surface area contributed by atoms with Crippen molar-refractivity contribution < 1.29 is 28.2 Å². The van der Waals surface area contributed by atoms with Crippen LogP contribution in [-0.4, -0.2) is 22.0 Å². The van der Waals surface area contributed by atoms with Gasteiger partial charge in [0.25, 0.3) is 0 Å². The fourth-order valence-corrected chi connectivity index (χ4v) is 3.53. The van der Waals surface area contributed by atoms with E-state index >= 15 is 4.39 Å². The van der Waals surface area contributed by atoms with Gasteiger partial charge < -0.3 is 20.0 Å². The minimum atomic E-state index is -0.955. The van der Waals surface area contributed by atoms with Crippen LogP contribution in [0.25, 0.3) is 22.1 Å². The highest BCUT2D eigenvalue weighted by molar-refractivity contribution is 5.93. The van der Waals surface area contributed by atoms with E-state index in [1.54, 1.807) is 36.4 Å². The summed E-state index contributed by atoms with van der Waals surface area (Å²) in [4.78, 5) is 26.3. The van der Waals surface area contributed by atoms with Crippen molar-refractivity contribution in [3.8, 4) is 16.9 Å². The molecule has 0 fully saturated rings. The zero-order valence-electron chi connectivity index (χ0n) is 16.9. The Bertz CT molecular complexity index is 1310. The van der Waals surface area contributed by atoms with E-state index in [1.807, 2.05) is 6.07 Å². The Labute approximate surface area is 182 Å². The molecule has 0 saturated carbocycles. The summed E-state index contributed by atoms with van der Waals surface area (Å²) in [6, 6.07) is 13.8. The summed E-state index contributed by atoms with van der Waals surface area (Å²) in [5, 5.41) is 9.84. The summed E-state index contributed by atoms with van der Waals surface area (Å²) in [6.07, 6.45) is 2.44. The first-order valence-corrected chi connectivity index (χ1v) is 9.77. The van der Waals surface area contributed by atoms with E-state index in [1.165, 1.54) is 18.5 Å². The van der Waals surface area contributed by atoms with E-state index in [4.69, 9.17) is 20.0 Å². The molecule has 0 spiro atoms. The third-order valence-electron chi connectivity index (χ3n) is 4.91. The number of nitrogens with two attached hydrogens (primary N) is 1. The van der Waals surface area contributed by atoms with Crippen molar-refractivity contribution in [1.82, 2.24) is 4.98 Å². The van der Waals surface area contributed by atoms with Gasteiger partial charge in [-0.15, -0.1) is 0 Å². The molecule has 0 unspecified atom stereocenters. The van der Waals surface area contributed by atoms with Crippen LogP contribution in [0.3, 0.4) is 0 Å². The molecule has 4 rings (SSSR count). The van der Waals surface area contributed by atoms with Crippen LogP contribution < -0.4 is 10.5 Å². The molecule has 4 aromatic rings. The standard InChI is InChI=1S/C24H19FN2O5/c25-23-17(5-7-27-19(23)12-21(26)28)18-10-14(9-16-6-8-31-24(16)18)13-32-20-4-2-1-3-15(20)11-22(29)30/h1-10H,11-13H2,(H2,26,28)(H,29,30).